The first-order valence-corrected chi connectivity index (χ1v) is 8.15. The molecule has 0 aliphatic heterocycles. The van der Waals surface area contributed by atoms with Crippen LogP contribution in [0.5, 0.6) is 0 Å². The van der Waals surface area contributed by atoms with Crippen molar-refractivity contribution in [3.05, 3.63) is 0 Å². The Kier molecular flexibility index (Phi) is 4.95. The summed E-state index contributed by atoms with van der Waals surface area (Å²) in [6, 6.07) is 0.958. The minimum Gasteiger partial charge on any atom is -0.378 e. The summed E-state index contributed by atoms with van der Waals surface area (Å²) in [6.07, 6.45) is 5.51. The molecule has 0 bridgehead atoms. The fraction of sp³-hybridized carbons (Fsp3) is 0.938. The Labute approximate surface area is 123 Å². The average Bonchev–Trinajstić information content (AvgIpc) is 2.33. The van der Waals surface area contributed by atoms with E-state index >= 15 is 0 Å². The lowest BCUT2D eigenvalue weighted by Crippen LogP contribution is -2.69. The van der Waals surface area contributed by atoms with Gasteiger partial charge >= 0.3 is 0 Å². The summed E-state index contributed by atoms with van der Waals surface area (Å²) in [7, 11) is 1.86. The number of nitrogens with one attached hydrogen (secondary N) is 2. The number of ether oxygens (including phenoxy) is 1. The SMILES string of the molecule is CCOC1CC(NC(=NC)NC(C)C(C)C)C12CCC2. The van der Waals surface area contributed by atoms with Crippen LogP contribution in [0.25, 0.3) is 0 Å². The summed E-state index contributed by atoms with van der Waals surface area (Å²) in [5.74, 6) is 1.54. The molecular weight excluding hydrogens is 250 g/mol. The molecule has 4 nitrogen and oxygen atoms in total. The monoisotopic (exact) mass is 281 g/mol. The third-order valence-electron chi connectivity index (χ3n) is 5.34. The molecule has 0 aromatic rings. The predicted octanol–water partition coefficient (Wildman–Crippen LogP) is 2.54. The van der Waals surface area contributed by atoms with Crippen LogP contribution in [0.4, 0.5) is 0 Å². The van der Waals surface area contributed by atoms with Gasteiger partial charge in [-0.15, -0.1) is 0 Å². The van der Waals surface area contributed by atoms with E-state index in [-0.39, 0.29) is 0 Å². The summed E-state index contributed by atoms with van der Waals surface area (Å²) < 4.78 is 5.90. The van der Waals surface area contributed by atoms with E-state index in [0.717, 1.165) is 19.0 Å². The van der Waals surface area contributed by atoms with E-state index in [0.29, 0.717) is 29.5 Å². The maximum Gasteiger partial charge on any atom is 0.191 e. The topological polar surface area (TPSA) is 45.6 Å². The first-order chi connectivity index (χ1) is 9.53. The van der Waals surface area contributed by atoms with Crippen molar-refractivity contribution in [2.75, 3.05) is 13.7 Å². The Morgan fingerprint density at radius 3 is 2.50 bits per heavy atom. The zero-order chi connectivity index (χ0) is 14.8. The lowest BCUT2D eigenvalue weighted by Gasteiger charge is -2.61. The van der Waals surface area contributed by atoms with Crippen molar-refractivity contribution in [3.63, 3.8) is 0 Å². The number of hydrogen-bond donors (Lipinski definition) is 2. The molecule has 3 unspecified atom stereocenters. The van der Waals surface area contributed by atoms with Gasteiger partial charge in [0.2, 0.25) is 0 Å². The summed E-state index contributed by atoms with van der Waals surface area (Å²) in [4.78, 5) is 4.38. The number of guanidine groups is 1. The lowest BCUT2D eigenvalue weighted by molar-refractivity contribution is -0.168. The third kappa shape index (κ3) is 2.80. The molecule has 4 heteroatoms. The van der Waals surface area contributed by atoms with Crippen LogP contribution in [-0.4, -0.2) is 37.8 Å². The van der Waals surface area contributed by atoms with Gasteiger partial charge in [-0.2, -0.15) is 0 Å². The van der Waals surface area contributed by atoms with Gasteiger partial charge < -0.3 is 15.4 Å². The Morgan fingerprint density at radius 2 is 2.05 bits per heavy atom. The van der Waals surface area contributed by atoms with E-state index in [9.17, 15) is 0 Å². The number of nitrogens with zero attached hydrogens (tertiary/aromatic N) is 1. The first-order valence-electron chi connectivity index (χ1n) is 8.15. The normalized spacial score (nSPS) is 29.8. The highest BCUT2D eigenvalue weighted by molar-refractivity contribution is 5.80. The van der Waals surface area contributed by atoms with Gasteiger partial charge in [-0.05, 0) is 39.0 Å². The Balaban J connectivity index is 1.89. The molecule has 20 heavy (non-hydrogen) atoms. The van der Waals surface area contributed by atoms with E-state index in [4.69, 9.17) is 4.74 Å². The highest BCUT2D eigenvalue weighted by atomic mass is 16.5. The van der Waals surface area contributed by atoms with Crippen LogP contribution in [-0.2, 0) is 4.74 Å². The van der Waals surface area contributed by atoms with E-state index < -0.39 is 0 Å². The molecule has 0 aromatic heterocycles. The summed E-state index contributed by atoms with van der Waals surface area (Å²) >= 11 is 0. The van der Waals surface area contributed by atoms with Crippen molar-refractivity contribution in [2.24, 2.45) is 16.3 Å². The Morgan fingerprint density at radius 1 is 1.35 bits per heavy atom. The maximum absolute atomic E-state index is 5.90. The summed E-state index contributed by atoms with van der Waals surface area (Å²) in [6.45, 7) is 9.59. The predicted molar refractivity (Wildman–Crippen MR) is 84.0 cm³/mol. The highest BCUT2D eigenvalue weighted by Crippen LogP contribution is 2.57. The van der Waals surface area contributed by atoms with Gasteiger partial charge in [0.25, 0.3) is 0 Å². The molecule has 0 aromatic carbocycles. The van der Waals surface area contributed by atoms with Crippen molar-refractivity contribution in [1.82, 2.24) is 10.6 Å². The van der Waals surface area contributed by atoms with Crippen molar-refractivity contribution >= 4 is 5.96 Å². The first kappa shape index (κ1) is 15.6. The number of rotatable bonds is 5. The van der Waals surface area contributed by atoms with E-state index in [1.807, 2.05) is 7.05 Å². The second-order valence-corrected chi connectivity index (χ2v) is 6.71. The van der Waals surface area contributed by atoms with Gasteiger partial charge in [0.05, 0.1) is 6.10 Å². The second-order valence-electron chi connectivity index (χ2n) is 6.71. The molecule has 0 radical (unpaired) electrons. The van der Waals surface area contributed by atoms with Gasteiger partial charge in [-0.3, -0.25) is 4.99 Å². The zero-order valence-electron chi connectivity index (χ0n) is 13.7. The van der Waals surface area contributed by atoms with Crippen LogP contribution >= 0.6 is 0 Å². The van der Waals surface area contributed by atoms with Crippen LogP contribution in [0.1, 0.15) is 53.4 Å². The van der Waals surface area contributed by atoms with E-state index in [1.165, 1.54) is 19.3 Å². The van der Waals surface area contributed by atoms with Crippen LogP contribution in [0.3, 0.4) is 0 Å². The summed E-state index contributed by atoms with van der Waals surface area (Å²) in [5, 5.41) is 7.13. The van der Waals surface area contributed by atoms with Gasteiger partial charge in [-0.25, -0.2) is 0 Å². The highest BCUT2D eigenvalue weighted by Gasteiger charge is 2.59. The Bertz CT molecular complexity index is 350. The smallest absolute Gasteiger partial charge is 0.191 e. The lowest BCUT2D eigenvalue weighted by atomic mass is 9.51. The van der Waals surface area contributed by atoms with E-state index in [1.54, 1.807) is 0 Å². The van der Waals surface area contributed by atoms with Gasteiger partial charge in [0.1, 0.15) is 0 Å². The largest absolute Gasteiger partial charge is 0.378 e. The van der Waals surface area contributed by atoms with Crippen LogP contribution in [0.2, 0.25) is 0 Å². The molecule has 1 spiro atoms. The number of aliphatic imine (C=N–C) groups is 1. The molecule has 0 saturated heterocycles. The Hall–Kier alpha value is -0.770. The molecule has 2 fully saturated rings. The van der Waals surface area contributed by atoms with Crippen LogP contribution < -0.4 is 10.6 Å². The van der Waals surface area contributed by atoms with Crippen molar-refractivity contribution in [3.8, 4) is 0 Å². The van der Waals surface area contributed by atoms with E-state index in [2.05, 4.69) is 43.3 Å². The zero-order valence-corrected chi connectivity index (χ0v) is 13.7. The minimum atomic E-state index is 0.384. The quantitative estimate of drug-likeness (QED) is 0.601. The summed E-state index contributed by atoms with van der Waals surface area (Å²) in [5.41, 5.74) is 0.384. The molecule has 2 aliphatic rings. The molecule has 116 valence electrons. The van der Waals surface area contributed by atoms with Gasteiger partial charge in [0, 0.05) is 31.2 Å². The maximum atomic E-state index is 5.90. The van der Waals surface area contributed by atoms with Gasteiger partial charge in [-0.1, -0.05) is 20.3 Å². The van der Waals surface area contributed by atoms with Crippen LogP contribution in [0, 0.1) is 11.3 Å². The number of hydrogen-bond acceptors (Lipinski definition) is 2. The van der Waals surface area contributed by atoms with Crippen molar-refractivity contribution in [1.29, 1.82) is 0 Å². The molecule has 0 amide bonds. The van der Waals surface area contributed by atoms with Gasteiger partial charge in [0.15, 0.2) is 5.96 Å². The molecule has 2 saturated carbocycles. The third-order valence-corrected chi connectivity index (χ3v) is 5.34. The minimum absolute atomic E-state index is 0.384. The fourth-order valence-electron chi connectivity index (χ4n) is 3.36. The average molecular weight is 281 g/mol. The fourth-order valence-corrected chi connectivity index (χ4v) is 3.36. The molecule has 3 atom stereocenters. The molecular formula is C16H31N3O. The van der Waals surface area contributed by atoms with Crippen LogP contribution in [0.15, 0.2) is 4.99 Å². The molecule has 0 heterocycles. The second kappa shape index (κ2) is 6.33. The molecule has 2 rings (SSSR count). The standard InChI is InChI=1S/C16H31N3O/c1-6-20-14-10-13(16(14)8-7-9-16)19-15(17-5)18-12(4)11(2)3/h11-14H,6-10H2,1-5H3,(H2,17,18,19). The van der Waals surface area contributed by atoms with Crippen molar-refractivity contribution < 1.29 is 4.74 Å². The molecule has 2 N–H and O–H groups in total. The molecule has 2 aliphatic carbocycles. The van der Waals surface area contributed by atoms with Crippen molar-refractivity contribution in [2.45, 2.75) is 71.6 Å².